The Kier molecular flexibility index (Phi) is 3.40. The van der Waals surface area contributed by atoms with Crippen LogP contribution in [0.3, 0.4) is 0 Å². The summed E-state index contributed by atoms with van der Waals surface area (Å²) in [5, 5.41) is 20.5. The van der Waals surface area contributed by atoms with Crippen molar-refractivity contribution in [2.24, 2.45) is 11.8 Å². The van der Waals surface area contributed by atoms with Gasteiger partial charge in [0.1, 0.15) is 0 Å². The summed E-state index contributed by atoms with van der Waals surface area (Å²) in [7, 11) is 0. The van der Waals surface area contributed by atoms with Crippen molar-refractivity contribution < 1.29 is 10.2 Å². The van der Waals surface area contributed by atoms with Gasteiger partial charge in [-0.1, -0.05) is 36.8 Å². The first-order chi connectivity index (χ1) is 8.77. The van der Waals surface area contributed by atoms with Crippen LogP contribution in [0.15, 0.2) is 30.3 Å². The normalized spacial score (nSPS) is 40.2. The van der Waals surface area contributed by atoms with E-state index in [1.165, 1.54) is 12.0 Å². The predicted octanol–water partition coefficient (Wildman–Crippen LogP) is 2.70. The van der Waals surface area contributed by atoms with Gasteiger partial charge in [0, 0.05) is 0 Å². The highest BCUT2D eigenvalue weighted by Gasteiger charge is 2.44. The Bertz CT molecular complexity index is 389. The van der Waals surface area contributed by atoms with E-state index in [-0.39, 0.29) is 18.1 Å². The van der Waals surface area contributed by atoms with Crippen LogP contribution < -0.4 is 0 Å². The monoisotopic (exact) mass is 246 g/mol. The van der Waals surface area contributed by atoms with E-state index in [1.807, 2.05) is 6.07 Å². The average molecular weight is 246 g/mol. The van der Waals surface area contributed by atoms with Crippen LogP contribution in [0.1, 0.15) is 43.6 Å². The summed E-state index contributed by atoms with van der Waals surface area (Å²) in [6.45, 7) is 0. The van der Waals surface area contributed by atoms with E-state index < -0.39 is 0 Å². The van der Waals surface area contributed by atoms with Gasteiger partial charge >= 0.3 is 0 Å². The summed E-state index contributed by atoms with van der Waals surface area (Å²) in [6, 6.07) is 10.5. The number of benzene rings is 1. The molecule has 2 fully saturated rings. The van der Waals surface area contributed by atoms with Crippen LogP contribution in [-0.2, 0) is 0 Å². The number of rotatable bonds is 1. The van der Waals surface area contributed by atoms with Crippen LogP contribution in [-0.4, -0.2) is 22.4 Å². The maximum atomic E-state index is 10.3. The highest BCUT2D eigenvalue weighted by molar-refractivity contribution is 5.22. The number of hydrogen-bond donors (Lipinski definition) is 2. The second-order valence-corrected chi connectivity index (χ2v) is 5.90. The highest BCUT2D eigenvalue weighted by Crippen LogP contribution is 2.48. The Balaban J connectivity index is 1.90. The molecule has 0 spiro atoms. The lowest BCUT2D eigenvalue weighted by Gasteiger charge is -2.46. The molecule has 2 aliphatic rings. The fourth-order valence-corrected chi connectivity index (χ4v) is 4.10. The Labute approximate surface area is 109 Å². The molecule has 0 unspecified atom stereocenters. The molecule has 0 heterocycles. The molecule has 98 valence electrons. The van der Waals surface area contributed by atoms with Crippen LogP contribution in [0.2, 0.25) is 0 Å². The molecule has 1 aromatic carbocycles. The van der Waals surface area contributed by atoms with Crippen molar-refractivity contribution in [3.8, 4) is 0 Å². The van der Waals surface area contributed by atoms with Gasteiger partial charge in [0.05, 0.1) is 12.2 Å². The Morgan fingerprint density at radius 3 is 2.33 bits per heavy atom. The van der Waals surface area contributed by atoms with Crippen molar-refractivity contribution in [3.05, 3.63) is 35.9 Å². The first kappa shape index (κ1) is 12.2. The molecule has 2 nitrogen and oxygen atoms in total. The molecule has 2 saturated carbocycles. The zero-order valence-electron chi connectivity index (χ0n) is 10.7. The Morgan fingerprint density at radius 2 is 1.56 bits per heavy atom. The fourth-order valence-electron chi connectivity index (χ4n) is 4.10. The molecule has 0 amide bonds. The maximum Gasteiger partial charge on any atom is 0.0578 e. The molecule has 3 rings (SSSR count). The first-order valence-electron chi connectivity index (χ1n) is 7.18. The summed E-state index contributed by atoms with van der Waals surface area (Å²) in [5.74, 6) is 0.979. The minimum absolute atomic E-state index is 0.204. The van der Waals surface area contributed by atoms with Gasteiger partial charge in [0.25, 0.3) is 0 Å². The van der Waals surface area contributed by atoms with E-state index in [0.29, 0.717) is 11.8 Å². The number of fused-ring (bicyclic) bond motifs is 1. The van der Waals surface area contributed by atoms with Crippen molar-refractivity contribution in [3.63, 3.8) is 0 Å². The topological polar surface area (TPSA) is 40.5 Å². The molecule has 2 N–H and O–H groups in total. The third-order valence-electron chi connectivity index (χ3n) is 4.94. The van der Waals surface area contributed by atoms with Crippen molar-refractivity contribution in [1.29, 1.82) is 0 Å². The minimum Gasteiger partial charge on any atom is -0.393 e. The molecular formula is C16H22O2. The quantitative estimate of drug-likeness (QED) is 0.800. The minimum atomic E-state index is -0.232. The third kappa shape index (κ3) is 2.08. The molecule has 0 aliphatic heterocycles. The number of hydrogen-bond acceptors (Lipinski definition) is 2. The van der Waals surface area contributed by atoms with E-state index in [1.54, 1.807) is 0 Å². The summed E-state index contributed by atoms with van der Waals surface area (Å²) in [5.41, 5.74) is 1.33. The van der Waals surface area contributed by atoms with Gasteiger partial charge in [0.2, 0.25) is 0 Å². The summed E-state index contributed by atoms with van der Waals surface area (Å²) in [4.78, 5) is 0. The van der Waals surface area contributed by atoms with Crippen molar-refractivity contribution in [1.82, 2.24) is 0 Å². The van der Waals surface area contributed by atoms with Gasteiger partial charge in [-0.15, -0.1) is 0 Å². The summed E-state index contributed by atoms with van der Waals surface area (Å²) >= 11 is 0. The van der Waals surface area contributed by atoms with E-state index in [9.17, 15) is 10.2 Å². The Morgan fingerprint density at radius 1 is 0.833 bits per heavy atom. The van der Waals surface area contributed by atoms with Crippen LogP contribution in [0.4, 0.5) is 0 Å². The second kappa shape index (κ2) is 5.02. The van der Waals surface area contributed by atoms with E-state index in [0.717, 1.165) is 25.7 Å². The van der Waals surface area contributed by atoms with E-state index >= 15 is 0 Å². The molecule has 0 saturated heterocycles. The predicted molar refractivity (Wildman–Crippen MR) is 71.3 cm³/mol. The smallest absolute Gasteiger partial charge is 0.0578 e. The highest BCUT2D eigenvalue weighted by atomic mass is 16.3. The Hall–Kier alpha value is -0.860. The molecule has 0 radical (unpaired) electrons. The van der Waals surface area contributed by atoms with Crippen LogP contribution in [0, 0.1) is 11.8 Å². The molecule has 1 aromatic rings. The van der Waals surface area contributed by atoms with Gasteiger partial charge in [0.15, 0.2) is 0 Å². The van der Waals surface area contributed by atoms with E-state index in [2.05, 4.69) is 24.3 Å². The third-order valence-corrected chi connectivity index (χ3v) is 4.94. The van der Waals surface area contributed by atoms with Gasteiger partial charge in [-0.2, -0.15) is 0 Å². The van der Waals surface area contributed by atoms with Crippen molar-refractivity contribution in [2.75, 3.05) is 0 Å². The van der Waals surface area contributed by atoms with Crippen LogP contribution in [0.25, 0.3) is 0 Å². The molecule has 2 aliphatic carbocycles. The van der Waals surface area contributed by atoms with Gasteiger partial charge in [-0.25, -0.2) is 0 Å². The largest absolute Gasteiger partial charge is 0.393 e. The summed E-state index contributed by atoms with van der Waals surface area (Å²) < 4.78 is 0. The van der Waals surface area contributed by atoms with Gasteiger partial charge < -0.3 is 10.2 Å². The second-order valence-electron chi connectivity index (χ2n) is 5.90. The molecule has 0 bridgehead atoms. The fraction of sp³-hybridized carbons (Fsp3) is 0.625. The first-order valence-corrected chi connectivity index (χ1v) is 7.18. The SMILES string of the molecule is O[C@H]1CC[C@H](O)[C@@H]2[C@@H]1CCC[C@H]2c1ccccc1. The number of aliphatic hydroxyl groups excluding tert-OH is 2. The molecule has 2 heteroatoms. The van der Waals surface area contributed by atoms with Gasteiger partial charge in [-0.3, -0.25) is 0 Å². The molecular weight excluding hydrogens is 224 g/mol. The lowest BCUT2D eigenvalue weighted by atomic mass is 9.61. The van der Waals surface area contributed by atoms with Crippen LogP contribution in [0.5, 0.6) is 0 Å². The maximum absolute atomic E-state index is 10.3. The molecule has 0 aromatic heterocycles. The van der Waals surface area contributed by atoms with Gasteiger partial charge in [-0.05, 0) is 49.0 Å². The molecule has 5 atom stereocenters. The molecule has 18 heavy (non-hydrogen) atoms. The zero-order valence-corrected chi connectivity index (χ0v) is 10.7. The van der Waals surface area contributed by atoms with E-state index in [4.69, 9.17) is 0 Å². The lowest BCUT2D eigenvalue weighted by Crippen LogP contribution is -2.45. The van der Waals surface area contributed by atoms with Crippen molar-refractivity contribution in [2.45, 2.75) is 50.2 Å². The zero-order chi connectivity index (χ0) is 12.5. The number of aliphatic hydroxyl groups is 2. The standard InChI is InChI=1S/C16H22O2/c17-14-9-10-15(18)16-12(7-4-8-13(14)16)11-5-2-1-3-6-11/h1-3,5-6,12-18H,4,7-10H2/t12-,13+,14-,15-,16-/m0/s1. The van der Waals surface area contributed by atoms with Crippen LogP contribution >= 0.6 is 0 Å². The summed E-state index contributed by atoms with van der Waals surface area (Å²) in [6.07, 6.45) is 4.48. The average Bonchev–Trinajstić information content (AvgIpc) is 2.43. The van der Waals surface area contributed by atoms with Crippen molar-refractivity contribution >= 4 is 0 Å². The lowest BCUT2D eigenvalue weighted by molar-refractivity contribution is -0.0701.